The molecule has 0 aliphatic heterocycles. The van der Waals surface area contributed by atoms with Gasteiger partial charge >= 0.3 is 0 Å². The third-order valence-electron chi connectivity index (χ3n) is 3.95. The Hall–Kier alpha value is -2.00. The van der Waals surface area contributed by atoms with Crippen LogP contribution in [0.1, 0.15) is 30.0 Å². The Bertz CT molecular complexity index is 596. The van der Waals surface area contributed by atoms with Crippen LogP contribution in [0.3, 0.4) is 0 Å². The van der Waals surface area contributed by atoms with E-state index >= 15 is 0 Å². The first-order valence-electron chi connectivity index (χ1n) is 8.27. The molecule has 124 valence electrons. The van der Waals surface area contributed by atoms with Crippen LogP contribution in [0.4, 0.5) is 0 Å². The standard InChI is InChI=1S/C20H27NO2/c1-4-8-17-13-20(23-3)18(14-19(17)22-2)11-12-21-15-16-9-6-5-7-10-16/h5-7,9-10,13-14,21H,4,8,11-12,15H2,1-3H3. The largest absolute Gasteiger partial charge is 0.496 e. The molecule has 0 aliphatic carbocycles. The van der Waals surface area contributed by atoms with Gasteiger partial charge in [0.05, 0.1) is 14.2 Å². The summed E-state index contributed by atoms with van der Waals surface area (Å²) in [6.07, 6.45) is 3.02. The Balaban J connectivity index is 1.98. The molecule has 2 aromatic carbocycles. The van der Waals surface area contributed by atoms with E-state index in [2.05, 4.69) is 48.6 Å². The maximum atomic E-state index is 5.56. The Kier molecular flexibility index (Phi) is 6.95. The van der Waals surface area contributed by atoms with E-state index in [1.54, 1.807) is 14.2 Å². The number of methoxy groups -OCH3 is 2. The van der Waals surface area contributed by atoms with E-state index in [-0.39, 0.29) is 0 Å². The Morgan fingerprint density at radius 2 is 1.48 bits per heavy atom. The lowest BCUT2D eigenvalue weighted by atomic mass is 10.0. The van der Waals surface area contributed by atoms with E-state index in [0.29, 0.717) is 0 Å². The Morgan fingerprint density at radius 1 is 0.870 bits per heavy atom. The minimum Gasteiger partial charge on any atom is -0.496 e. The highest BCUT2D eigenvalue weighted by atomic mass is 16.5. The van der Waals surface area contributed by atoms with E-state index in [1.807, 2.05) is 6.07 Å². The zero-order chi connectivity index (χ0) is 16.5. The smallest absolute Gasteiger partial charge is 0.122 e. The summed E-state index contributed by atoms with van der Waals surface area (Å²) in [5, 5.41) is 3.48. The fraction of sp³-hybridized carbons (Fsp3) is 0.400. The summed E-state index contributed by atoms with van der Waals surface area (Å²) in [5.74, 6) is 1.92. The molecule has 3 nitrogen and oxygen atoms in total. The van der Waals surface area contributed by atoms with Gasteiger partial charge in [-0.3, -0.25) is 0 Å². The molecule has 0 unspecified atom stereocenters. The first-order chi connectivity index (χ1) is 11.3. The molecule has 2 rings (SSSR count). The quantitative estimate of drug-likeness (QED) is 0.710. The van der Waals surface area contributed by atoms with Gasteiger partial charge in [-0.05, 0) is 48.2 Å². The molecular formula is C20H27NO2. The van der Waals surface area contributed by atoms with Gasteiger partial charge in [0.15, 0.2) is 0 Å². The third-order valence-corrected chi connectivity index (χ3v) is 3.95. The van der Waals surface area contributed by atoms with Gasteiger partial charge in [0.25, 0.3) is 0 Å². The third kappa shape index (κ3) is 5.00. The zero-order valence-electron chi connectivity index (χ0n) is 14.4. The first kappa shape index (κ1) is 17.4. The van der Waals surface area contributed by atoms with E-state index in [0.717, 1.165) is 43.9 Å². The van der Waals surface area contributed by atoms with Gasteiger partial charge in [-0.15, -0.1) is 0 Å². The van der Waals surface area contributed by atoms with Crippen molar-refractivity contribution in [1.82, 2.24) is 5.32 Å². The molecule has 0 aromatic heterocycles. The van der Waals surface area contributed by atoms with Crippen LogP contribution in [0, 0.1) is 0 Å². The van der Waals surface area contributed by atoms with Crippen molar-refractivity contribution < 1.29 is 9.47 Å². The first-order valence-corrected chi connectivity index (χ1v) is 8.27. The molecule has 0 heterocycles. The van der Waals surface area contributed by atoms with Crippen molar-refractivity contribution in [2.45, 2.75) is 32.7 Å². The molecule has 3 heteroatoms. The molecule has 0 radical (unpaired) electrons. The second-order valence-electron chi connectivity index (χ2n) is 5.64. The van der Waals surface area contributed by atoms with Gasteiger partial charge in [0.1, 0.15) is 11.5 Å². The second-order valence-corrected chi connectivity index (χ2v) is 5.64. The average molecular weight is 313 g/mol. The molecule has 0 saturated carbocycles. The zero-order valence-corrected chi connectivity index (χ0v) is 14.4. The molecule has 0 aliphatic rings. The van der Waals surface area contributed by atoms with Gasteiger partial charge in [-0.25, -0.2) is 0 Å². The van der Waals surface area contributed by atoms with Crippen molar-refractivity contribution in [3.8, 4) is 11.5 Å². The van der Waals surface area contributed by atoms with Crippen molar-refractivity contribution in [2.75, 3.05) is 20.8 Å². The lowest BCUT2D eigenvalue weighted by Gasteiger charge is -2.15. The molecule has 0 bridgehead atoms. The minimum absolute atomic E-state index is 0.883. The van der Waals surface area contributed by atoms with Gasteiger partial charge in [0, 0.05) is 6.54 Å². The monoisotopic (exact) mass is 313 g/mol. The van der Waals surface area contributed by atoms with Crippen LogP contribution in [-0.2, 0) is 19.4 Å². The van der Waals surface area contributed by atoms with Crippen LogP contribution in [0.2, 0.25) is 0 Å². The molecule has 1 N–H and O–H groups in total. The number of hydrogen-bond acceptors (Lipinski definition) is 3. The summed E-state index contributed by atoms with van der Waals surface area (Å²) < 4.78 is 11.1. The summed E-state index contributed by atoms with van der Waals surface area (Å²) in [6, 6.07) is 14.7. The molecule has 0 atom stereocenters. The van der Waals surface area contributed by atoms with Crippen molar-refractivity contribution in [3.63, 3.8) is 0 Å². The SMILES string of the molecule is CCCc1cc(OC)c(CCNCc2ccccc2)cc1OC. The van der Waals surface area contributed by atoms with Crippen LogP contribution in [-0.4, -0.2) is 20.8 Å². The Labute approximate surface area is 139 Å². The van der Waals surface area contributed by atoms with Crippen molar-refractivity contribution in [3.05, 3.63) is 59.2 Å². The van der Waals surface area contributed by atoms with Gasteiger partial charge in [-0.2, -0.15) is 0 Å². The fourth-order valence-electron chi connectivity index (χ4n) is 2.74. The molecule has 0 spiro atoms. The molecule has 0 amide bonds. The van der Waals surface area contributed by atoms with E-state index in [1.165, 1.54) is 16.7 Å². The normalized spacial score (nSPS) is 10.6. The van der Waals surface area contributed by atoms with Crippen molar-refractivity contribution >= 4 is 0 Å². The topological polar surface area (TPSA) is 30.5 Å². The molecule has 0 fully saturated rings. The number of nitrogens with one attached hydrogen (secondary N) is 1. The summed E-state index contributed by atoms with van der Waals surface area (Å²) in [5.41, 5.74) is 3.70. The number of ether oxygens (including phenoxy) is 2. The van der Waals surface area contributed by atoms with Crippen LogP contribution < -0.4 is 14.8 Å². The fourth-order valence-corrected chi connectivity index (χ4v) is 2.74. The van der Waals surface area contributed by atoms with Gasteiger partial charge in [0.2, 0.25) is 0 Å². The maximum Gasteiger partial charge on any atom is 0.122 e. The lowest BCUT2D eigenvalue weighted by molar-refractivity contribution is 0.394. The summed E-state index contributed by atoms with van der Waals surface area (Å²) in [7, 11) is 3.47. The van der Waals surface area contributed by atoms with Crippen LogP contribution in [0.25, 0.3) is 0 Å². The maximum absolute atomic E-state index is 5.56. The van der Waals surface area contributed by atoms with E-state index in [4.69, 9.17) is 9.47 Å². The highest BCUT2D eigenvalue weighted by Crippen LogP contribution is 2.30. The number of rotatable bonds is 9. The summed E-state index contributed by atoms with van der Waals surface area (Å²) >= 11 is 0. The van der Waals surface area contributed by atoms with Crippen molar-refractivity contribution in [2.24, 2.45) is 0 Å². The van der Waals surface area contributed by atoms with Crippen molar-refractivity contribution in [1.29, 1.82) is 0 Å². The lowest BCUT2D eigenvalue weighted by Crippen LogP contribution is -2.17. The minimum atomic E-state index is 0.883. The van der Waals surface area contributed by atoms with Crippen LogP contribution in [0.15, 0.2) is 42.5 Å². The predicted octanol–water partition coefficient (Wildman–Crippen LogP) is 3.99. The second kappa shape index (κ2) is 9.21. The number of hydrogen-bond donors (Lipinski definition) is 1. The predicted molar refractivity (Wildman–Crippen MR) is 95.4 cm³/mol. The molecule has 2 aromatic rings. The number of benzene rings is 2. The Morgan fingerprint density at radius 3 is 2.04 bits per heavy atom. The van der Waals surface area contributed by atoms with E-state index < -0.39 is 0 Å². The molecular weight excluding hydrogens is 286 g/mol. The molecule has 0 saturated heterocycles. The molecule has 23 heavy (non-hydrogen) atoms. The average Bonchev–Trinajstić information content (AvgIpc) is 2.60. The highest BCUT2D eigenvalue weighted by Gasteiger charge is 2.10. The summed E-state index contributed by atoms with van der Waals surface area (Å²) in [6.45, 7) is 3.96. The van der Waals surface area contributed by atoms with E-state index in [9.17, 15) is 0 Å². The highest BCUT2D eigenvalue weighted by molar-refractivity contribution is 5.46. The van der Waals surface area contributed by atoms with Crippen LogP contribution >= 0.6 is 0 Å². The van der Waals surface area contributed by atoms with Crippen LogP contribution in [0.5, 0.6) is 11.5 Å². The van der Waals surface area contributed by atoms with Gasteiger partial charge in [-0.1, -0.05) is 43.7 Å². The number of aryl methyl sites for hydroxylation is 1. The summed E-state index contributed by atoms with van der Waals surface area (Å²) in [4.78, 5) is 0. The van der Waals surface area contributed by atoms with Gasteiger partial charge < -0.3 is 14.8 Å².